The molecule has 0 bridgehead atoms. The fraction of sp³-hybridized carbons (Fsp3) is 0.647. The minimum absolute atomic E-state index is 0.440. The standard InChI is InChI=1S/C17H25N3S/c1-19-9-3-5-15-12-20(10-6-16(15)19)13-17-14(4-2-8-18)7-11-21-17/h7,11,15-16H,3,5-6,8-10,12-13,18H2,1H3. The topological polar surface area (TPSA) is 32.5 Å². The summed E-state index contributed by atoms with van der Waals surface area (Å²) >= 11 is 1.83. The zero-order valence-electron chi connectivity index (χ0n) is 12.8. The molecule has 1 aromatic heterocycles. The van der Waals surface area contributed by atoms with E-state index in [1.807, 2.05) is 11.3 Å². The van der Waals surface area contributed by atoms with Gasteiger partial charge in [0.25, 0.3) is 0 Å². The highest BCUT2D eigenvalue weighted by molar-refractivity contribution is 7.10. The molecule has 0 aliphatic carbocycles. The molecule has 21 heavy (non-hydrogen) atoms. The van der Waals surface area contributed by atoms with Gasteiger partial charge in [-0.2, -0.15) is 0 Å². The molecule has 0 spiro atoms. The smallest absolute Gasteiger partial charge is 0.0555 e. The fourth-order valence-corrected chi connectivity index (χ4v) is 4.67. The van der Waals surface area contributed by atoms with Gasteiger partial charge in [0.15, 0.2) is 0 Å². The van der Waals surface area contributed by atoms with Crippen LogP contribution in [0.4, 0.5) is 0 Å². The largest absolute Gasteiger partial charge is 0.320 e. The number of likely N-dealkylation sites (tertiary alicyclic amines) is 2. The van der Waals surface area contributed by atoms with Gasteiger partial charge in [-0.15, -0.1) is 11.3 Å². The van der Waals surface area contributed by atoms with E-state index in [0.29, 0.717) is 6.54 Å². The van der Waals surface area contributed by atoms with Crippen LogP contribution in [0.1, 0.15) is 29.7 Å². The van der Waals surface area contributed by atoms with Crippen LogP contribution in [-0.4, -0.2) is 49.1 Å². The van der Waals surface area contributed by atoms with Gasteiger partial charge in [0.05, 0.1) is 6.54 Å². The summed E-state index contributed by atoms with van der Waals surface area (Å²) in [7, 11) is 2.30. The Labute approximate surface area is 132 Å². The van der Waals surface area contributed by atoms with Crippen LogP contribution in [0.5, 0.6) is 0 Å². The van der Waals surface area contributed by atoms with Crippen molar-refractivity contribution in [3.63, 3.8) is 0 Å². The molecule has 3 nitrogen and oxygen atoms in total. The van der Waals surface area contributed by atoms with E-state index in [2.05, 4.69) is 40.1 Å². The Kier molecular flexibility index (Phi) is 4.97. The zero-order valence-corrected chi connectivity index (χ0v) is 13.7. The van der Waals surface area contributed by atoms with Crippen molar-refractivity contribution in [2.24, 2.45) is 11.7 Å². The summed E-state index contributed by atoms with van der Waals surface area (Å²) in [5.41, 5.74) is 6.65. The molecule has 2 aliphatic heterocycles. The first kappa shape index (κ1) is 15.1. The van der Waals surface area contributed by atoms with E-state index in [9.17, 15) is 0 Å². The number of nitrogens with two attached hydrogens (primary N) is 1. The number of thiophene rings is 1. The van der Waals surface area contributed by atoms with Gasteiger partial charge in [-0.3, -0.25) is 4.90 Å². The van der Waals surface area contributed by atoms with Crippen molar-refractivity contribution in [3.05, 3.63) is 21.9 Å². The van der Waals surface area contributed by atoms with Crippen LogP contribution in [0, 0.1) is 17.8 Å². The zero-order chi connectivity index (χ0) is 14.7. The van der Waals surface area contributed by atoms with E-state index in [0.717, 1.165) is 18.5 Å². The Morgan fingerprint density at radius 1 is 1.38 bits per heavy atom. The normalized spacial score (nSPS) is 27.0. The molecular formula is C17H25N3S. The molecule has 0 saturated carbocycles. The molecule has 3 heterocycles. The van der Waals surface area contributed by atoms with Crippen LogP contribution in [-0.2, 0) is 6.54 Å². The second kappa shape index (κ2) is 6.93. The summed E-state index contributed by atoms with van der Waals surface area (Å²) in [4.78, 5) is 6.60. The Morgan fingerprint density at radius 2 is 2.29 bits per heavy atom. The summed E-state index contributed by atoms with van der Waals surface area (Å²) in [6.45, 7) is 5.24. The molecule has 0 radical (unpaired) electrons. The molecule has 4 heteroatoms. The van der Waals surface area contributed by atoms with Crippen LogP contribution in [0.25, 0.3) is 0 Å². The molecule has 2 unspecified atom stereocenters. The van der Waals surface area contributed by atoms with Crippen molar-refractivity contribution in [2.75, 3.05) is 33.2 Å². The van der Waals surface area contributed by atoms with Crippen molar-refractivity contribution in [3.8, 4) is 11.8 Å². The van der Waals surface area contributed by atoms with Gasteiger partial charge >= 0.3 is 0 Å². The van der Waals surface area contributed by atoms with E-state index in [4.69, 9.17) is 5.73 Å². The predicted molar refractivity (Wildman–Crippen MR) is 89.3 cm³/mol. The molecule has 2 aliphatic rings. The highest BCUT2D eigenvalue weighted by atomic mass is 32.1. The average Bonchev–Trinajstić information content (AvgIpc) is 2.92. The van der Waals surface area contributed by atoms with E-state index in [-0.39, 0.29) is 0 Å². The van der Waals surface area contributed by atoms with Crippen LogP contribution >= 0.6 is 11.3 Å². The van der Waals surface area contributed by atoms with Crippen LogP contribution < -0.4 is 5.73 Å². The Morgan fingerprint density at radius 3 is 3.14 bits per heavy atom. The molecule has 2 atom stereocenters. The summed E-state index contributed by atoms with van der Waals surface area (Å²) in [5, 5.41) is 2.15. The molecule has 2 saturated heterocycles. The minimum atomic E-state index is 0.440. The Balaban J connectivity index is 1.63. The predicted octanol–water partition coefficient (Wildman–Crippen LogP) is 1.97. The summed E-state index contributed by atoms with van der Waals surface area (Å²) < 4.78 is 0. The number of nitrogens with zero attached hydrogens (tertiary/aromatic N) is 2. The summed E-state index contributed by atoms with van der Waals surface area (Å²) in [5.74, 6) is 7.04. The first-order valence-electron chi connectivity index (χ1n) is 7.96. The quantitative estimate of drug-likeness (QED) is 0.848. The SMILES string of the molecule is CN1CCCC2CN(Cc3sccc3C#CCN)CCC21. The number of rotatable bonds is 2. The summed E-state index contributed by atoms with van der Waals surface area (Å²) in [6.07, 6.45) is 4.07. The average molecular weight is 303 g/mol. The maximum absolute atomic E-state index is 5.48. The molecule has 2 fully saturated rings. The van der Waals surface area contributed by atoms with E-state index in [1.165, 1.54) is 49.3 Å². The molecule has 0 aromatic carbocycles. The van der Waals surface area contributed by atoms with Gasteiger partial charge in [-0.25, -0.2) is 0 Å². The lowest BCUT2D eigenvalue weighted by Crippen LogP contribution is -2.52. The Bertz CT molecular complexity index is 528. The highest BCUT2D eigenvalue weighted by Crippen LogP contribution is 2.31. The molecule has 114 valence electrons. The first-order valence-corrected chi connectivity index (χ1v) is 8.84. The van der Waals surface area contributed by atoms with Gasteiger partial charge in [-0.05, 0) is 50.2 Å². The second-order valence-corrected chi connectivity index (χ2v) is 7.24. The van der Waals surface area contributed by atoms with E-state index >= 15 is 0 Å². The minimum Gasteiger partial charge on any atom is -0.320 e. The van der Waals surface area contributed by atoms with Gasteiger partial charge < -0.3 is 10.6 Å². The van der Waals surface area contributed by atoms with E-state index in [1.54, 1.807) is 0 Å². The lowest BCUT2D eigenvalue weighted by Gasteiger charge is -2.46. The maximum atomic E-state index is 5.48. The first-order chi connectivity index (χ1) is 10.3. The molecule has 0 amide bonds. The lowest BCUT2D eigenvalue weighted by atomic mass is 9.84. The summed E-state index contributed by atoms with van der Waals surface area (Å²) in [6, 6.07) is 2.94. The van der Waals surface area contributed by atoms with Crippen molar-refractivity contribution in [1.29, 1.82) is 0 Å². The van der Waals surface area contributed by atoms with Crippen molar-refractivity contribution in [2.45, 2.75) is 31.8 Å². The number of hydrogen-bond acceptors (Lipinski definition) is 4. The van der Waals surface area contributed by atoms with Gasteiger partial charge in [0, 0.05) is 36.1 Å². The van der Waals surface area contributed by atoms with Gasteiger partial charge in [0.2, 0.25) is 0 Å². The highest BCUT2D eigenvalue weighted by Gasteiger charge is 2.34. The van der Waals surface area contributed by atoms with Crippen LogP contribution in [0.15, 0.2) is 11.4 Å². The molecule has 3 rings (SSSR count). The van der Waals surface area contributed by atoms with E-state index < -0.39 is 0 Å². The number of hydrogen-bond donors (Lipinski definition) is 1. The third-order valence-electron chi connectivity index (χ3n) is 4.87. The fourth-order valence-electron chi connectivity index (χ4n) is 3.80. The second-order valence-electron chi connectivity index (χ2n) is 6.24. The van der Waals surface area contributed by atoms with Crippen LogP contribution in [0.3, 0.4) is 0 Å². The third kappa shape index (κ3) is 3.49. The number of fused-ring (bicyclic) bond motifs is 1. The maximum Gasteiger partial charge on any atom is 0.0555 e. The third-order valence-corrected chi connectivity index (χ3v) is 5.77. The van der Waals surface area contributed by atoms with Crippen molar-refractivity contribution >= 4 is 11.3 Å². The van der Waals surface area contributed by atoms with Gasteiger partial charge in [-0.1, -0.05) is 11.8 Å². The van der Waals surface area contributed by atoms with Crippen molar-refractivity contribution in [1.82, 2.24) is 9.80 Å². The molecule has 2 N–H and O–H groups in total. The monoisotopic (exact) mass is 303 g/mol. The van der Waals surface area contributed by atoms with Crippen LogP contribution in [0.2, 0.25) is 0 Å². The lowest BCUT2D eigenvalue weighted by molar-refractivity contribution is 0.0358. The molecular weight excluding hydrogens is 278 g/mol. The molecule has 1 aromatic rings. The number of piperidine rings is 2. The Hall–Kier alpha value is -0.860. The van der Waals surface area contributed by atoms with Crippen molar-refractivity contribution < 1.29 is 0 Å². The van der Waals surface area contributed by atoms with Gasteiger partial charge in [0.1, 0.15) is 0 Å².